The fourth-order valence-electron chi connectivity index (χ4n) is 7.15. The first-order chi connectivity index (χ1) is 24.8. The SMILES string of the molecule is CC(C)CCc1nc(C(N)C(N(C)C)C(N)(CN(C)C)c2nc(CCC(C)C)nc3ccc(-c4cnco4)cc23)c2cc(-c3cnco3)ccc2n1. The molecule has 0 saturated carbocycles. The summed E-state index contributed by atoms with van der Waals surface area (Å²) in [7, 11) is 8.09. The molecule has 6 rings (SSSR count). The standard InChI is InChI=1S/C40H52N10O2/c1-24(2)9-15-34-45-30-13-11-26(32-19-43-22-51-32)17-28(30)37(47-34)36(41)39(50(7)8)40(42,21-49(5)6)38-29-18-27(33-20-44-23-52-33)12-14-31(29)46-35(48-38)16-10-25(3)4/h11-14,17-20,22-25,36,39H,9-10,15-16,21,41-42H2,1-8H3. The lowest BCUT2D eigenvalue weighted by Gasteiger charge is -2.45. The summed E-state index contributed by atoms with van der Waals surface area (Å²) in [5.74, 6) is 3.79. The van der Waals surface area contributed by atoms with Crippen molar-refractivity contribution in [3.05, 3.63) is 84.6 Å². The minimum absolute atomic E-state index is 0.443. The molecule has 274 valence electrons. The number of nitrogens with two attached hydrogens (primary N) is 2. The van der Waals surface area contributed by atoms with Crippen molar-refractivity contribution in [2.45, 2.75) is 71.0 Å². The molecule has 6 aromatic rings. The van der Waals surface area contributed by atoms with E-state index in [1.165, 1.54) is 12.8 Å². The van der Waals surface area contributed by atoms with Crippen LogP contribution in [0.15, 0.2) is 70.4 Å². The van der Waals surface area contributed by atoms with E-state index in [-0.39, 0.29) is 0 Å². The third-order valence-electron chi connectivity index (χ3n) is 9.60. The monoisotopic (exact) mass is 704 g/mol. The normalized spacial score (nSPS) is 14.7. The highest BCUT2D eigenvalue weighted by Gasteiger charge is 2.46. The second-order valence-electron chi connectivity index (χ2n) is 15.3. The quantitative estimate of drug-likeness (QED) is 0.121. The number of rotatable bonds is 15. The Kier molecular flexibility index (Phi) is 11.1. The molecule has 12 heteroatoms. The maximum atomic E-state index is 7.89. The first-order valence-corrected chi connectivity index (χ1v) is 18.1. The van der Waals surface area contributed by atoms with Crippen LogP contribution in [0.2, 0.25) is 0 Å². The largest absolute Gasteiger partial charge is 0.444 e. The van der Waals surface area contributed by atoms with E-state index in [2.05, 4.69) is 53.5 Å². The predicted octanol–water partition coefficient (Wildman–Crippen LogP) is 6.41. The van der Waals surface area contributed by atoms with E-state index in [9.17, 15) is 0 Å². The summed E-state index contributed by atoms with van der Waals surface area (Å²) in [5.41, 5.74) is 19.1. The van der Waals surface area contributed by atoms with Crippen molar-refractivity contribution in [3.8, 4) is 22.6 Å². The van der Waals surface area contributed by atoms with Gasteiger partial charge in [0.1, 0.15) is 11.6 Å². The van der Waals surface area contributed by atoms with E-state index in [1.54, 1.807) is 12.4 Å². The molecular formula is C40H52N10O2. The number of hydrogen-bond acceptors (Lipinski definition) is 12. The van der Waals surface area contributed by atoms with Crippen molar-refractivity contribution in [1.29, 1.82) is 0 Å². The molecule has 0 radical (unpaired) electrons. The highest BCUT2D eigenvalue weighted by atomic mass is 16.3. The average Bonchev–Trinajstić information content (AvgIpc) is 3.84. The summed E-state index contributed by atoms with van der Waals surface area (Å²) in [4.78, 5) is 33.1. The van der Waals surface area contributed by atoms with Gasteiger partial charge in [0.25, 0.3) is 0 Å². The molecule has 3 unspecified atom stereocenters. The van der Waals surface area contributed by atoms with Crippen molar-refractivity contribution >= 4 is 21.8 Å². The number of fused-ring (bicyclic) bond motifs is 2. The lowest BCUT2D eigenvalue weighted by atomic mass is 9.78. The van der Waals surface area contributed by atoms with Gasteiger partial charge in [-0.15, -0.1) is 0 Å². The summed E-state index contributed by atoms with van der Waals surface area (Å²) in [6.07, 6.45) is 9.62. The molecule has 0 bridgehead atoms. The maximum Gasteiger partial charge on any atom is 0.181 e. The van der Waals surface area contributed by atoms with Crippen molar-refractivity contribution in [2.24, 2.45) is 23.3 Å². The Hall–Kier alpha value is -4.62. The van der Waals surface area contributed by atoms with Gasteiger partial charge in [-0.25, -0.2) is 29.9 Å². The van der Waals surface area contributed by atoms with Crippen LogP contribution < -0.4 is 11.5 Å². The lowest BCUT2D eigenvalue weighted by Crippen LogP contribution is -2.63. The minimum Gasteiger partial charge on any atom is -0.444 e. The Balaban J connectivity index is 1.58. The van der Waals surface area contributed by atoms with Crippen molar-refractivity contribution in [3.63, 3.8) is 0 Å². The molecule has 0 aliphatic carbocycles. The molecule has 0 amide bonds. The van der Waals surface area contributed by atoms with Gasteiger partial charge in [0.2, 0.25) is 0 Å². The molecule has 3 atom stereocenters. The first kappa shape index (κ1) is 37.1. The maximum absolute atomic E-state index is 7.89. The van der Waals surface area contributed by atoms with Crippen LogP contribution >= 0.6 is 0 Å². The van der Waals surface area contributed by atoms with Gasteiger partial charge in [-0.1, -0.05) is 27.7 Å². The van der Waals surface area contributed by atoms with Crippen LogP contribution in [0.1, 0.15) is 69.6 Å². The number of nitrogens with zero attached hydrogens (tertiary/aromatic N) is 8. The first-order valence-electron chi connectivity index (χ1n) is 18.1. The zero-order valence-electron chi connectivity index (χ0n) is 31.7. The summed E-state index contributed by atoms with van der Waals surface area (Å²) in [5, 5.41) is 1.68. The number of benzene rings is 2. The van der Waals surface area contributed by atoms with E-state index < -0.39 is 17.6 Å². The molecule has 0 fully saturated rings. The molecule has 0 aliphatic heterocycles. The molecular weight excluding hydrogens is 653 g/mol. The number of likely N-dealkylation sites (N-methyl/N-ethyl adjacent to an activating group) is 2. The smallest absolute Gasteiger partial charge is 0.181 e. The number of aryl methyl sites for hydroxylation is 2. The number of hydrogen-bond donors (Lipinski definition) is 2. The van der Waals surface area contributed by atoms with Crippen molar-refractivity contribution < 1.29 is 8.83 Å². The van der Waals surface area contributed by atoms with Gasteiger partial charge in [0.15, 0.2) is 24.3 Å². The van der Waals surface area contributed by atoms with Crippen molar-refractivity contribution in [2.75, 3.05) is 34.7 Å². The summed E-state index contributed by atoms with van der Waals surface area (Å²) in [6.45, 7) is 9.28. The van der Waals surface area contributed by atoms with Crippen LogP contribution in [0.4, 0.5) is 0 Å². The van der Waals surface area contributed by atoms with Gasteiger partial charge >= 0.3 is 0 Å². The van der Waals surface area contributed by atoms with Gasteiger partial charge in [-0.2, -0.15) is 0 Å². The minimum atomic E-state index is -1.11. The van der Waals surface area contributed by atoms with Crippen molar-refractivity contribution in [1.82, 2.24) is 39.7 Å². The zero-order chi connectivity index (χ0) is 37.2. The average molecular weight is 705 g/mol. The molecule has 0 saturated heterocycles. The van der Waals surface area contributed by atoms with E-state index in [0.29, 0.717) is 29.9 Å². The molecule has 4 N–H and O–H groups in total. The van der Waals surface area contributed by atoms with E-state index in [1.807, 2.05) is 58.5 Å². The Morgan fingerprint density at radius 3 is 1.71 bits per heavy atom. The van der Waals surface area contributed by atoms with Crippen LogP contribution in [-0.2, 0) is 18.4 Å². The third-order valence-corrected chi connectivity index (χ3v) is 9.60. The van der Waals surface area contributed by atoms with Crippen LogP contribution in [0.3, 0.4) is 0 Å². The second kappa shape index (κ2) is 15.5. The molecule has 2 aromatic carbocycles. The highest BCUT2D eigenvalue weighted by Crippen LogP contribution is 2.39. The molecule has 0 spiro atoms. The molecule has 4 heterocycles. The predicted molar refractivity (Wildman–Crippen MR) is 205 cm³/mol. The zero-order valence-corrected chi connectivity index (χ0v) is 31.7. The topological polar surface area (TPSA) is 162 Å². The Morgan fingerprint density at radius 1 is 0.712 bits per heavy atom. The van der Waals surface area contributed by atoms with E-state index in [0.717, 1.165) is 81.7 Å². The Bertz CT molecular complexity index is 2090. The molecule has 52 heavy (non-hydrogen) atoms. The van der Waals surface area contributed by atoms with Crippen LogP contribution in [0.25, 0.3) is 44.5 Å². The number of oxazole rings is 2. The third kappa shape index (κ3) is 7.90. The Morgan fingerprint density at radius 2 is 1.23 bits per heavy atom. The van der Waals surface area contributed by atoms with E-state index in [4.69, 9.17) is 40.2 Å². The molecule has 12 nitrogen and oxygen atoms in total. The highest BCUT2D eigenvalue weighted by molar-refractivity contribution is 5.87. The molecule has 0 aliphatic rings. The van der Waals surface area contributed by atoms with Gasteiger partial charge in [0.05, 0.1) is 52.4 Å². The van der Waals surface area contributed by atoms with Gasteiger partial charge in [-0.3, -0.25) is 0 Å². The summed E-state index contributed by atoms with van der Waals surface area (Å²) < 4.78 is 11.4. The number of aromatic nitrogens is 6. The van der Waals surface area contributed by atoms with E-state index >= 15 is 0 Å². The van der Waals surface area contributed by atoms with Gasteiger partial charge in [-0.05, 0) is 89.3 Å². The summed E-state index contributed by atoms with van der Waals surface area (Å²) in [6, 6.07) is 11.0. The van der Waals surface area contributed by atoms with Crippen LogP contribution in [-0.4, -0.2) is 80.5 Å². The fraction of sp³-hybridized carbons (Fsp3) is 0.450. The van der Waals surface area contributed by atoms with Gasteiger partial charge < -0.3 is 30.1 Å². The Labute approximate surface area is 306 Å². The second-order valence-corrected chi connectivity index (χ2v) is 15.3. The lowest BCUT2D eigenvalue weighted by molar-refractivity contribution is 0.115. The van der Waals surface area contributed by atoms with Gasteiger partial charge in [0, 0.05) is 41.3 Å². The molecule has 4 aromatic heterocycles. The van der Waals surface area contributed by atoms with Crippen LogP contribution in [0.5, 0.6) is 0 Å². The van der Waals surface area contributed by atoms with Crippen LogP contribution in [0, 0.1) is 11.8 Å². The summed E-state index contributed by atoms with van der Waals surface area (Å²) >= 11 is 0. The fourth-order valence-corrected chi connectivity index (χ4v) is 7.15.